The first kappa shape index (κ1) is 24.4. The number of anilines is 1. The predicted octanol–water partition coefficient (Wildman–Crippen LogP) is 4.54. The molecule has 0 radical (unpaired) electrons. The van der Waals surface area contributed by atoms with E-state index in [0.29, 0.717) is 34.4 Å². The Bertz CT molecular complexity index is 1210. The normalized spacial score (nSPS) is 11.0. The Hall–Kier alpha value is -3.23. The Labute approximate surface area is 198 Å². The Kier molecular flexibility index (Phi) is 8.19. The number of hydrogen-bond donors (Lipinski definition) is 2. The molecule has 1 amide bonds. The fourth-order valence-electron chi connectivity index (χ4n) is 2.98. The maximum Gasteiger partial charge on any atom is 0.261 e. The molecule has 0 aliphatic heterocycles. The van der Waals surface area contributed by atoms with Crippen LogP contribution in [0.2, 0.25) is 5.02 Å². The molecule has 2 N–H and O–H groups in total. The number of nitrogens with one attached hydrogen (secondary N) is 2. The van der Waals surface area contributed by atoms with Gasteiger partial charge < -0.3 is 14.8 Å². The highest BCUT2D eigenvalue weighted by atomic mass is 35.5. The number of halogens is 1. The van der Waals surface area contributed by atoms with Gasteiger partial charge in [0, 0.05) is 17.3 Å². The molecule has 0 heterocycles. The summed E-state index contributed by atoms with van der Waals surface area (Å²) in [6.45, 7) is 4.20. The number of hydrogen-bond acceptors (Lipinski definition) is 5. The van der Waals surface area contributed by atoms with E-state index in [9.17, 15) is 13.2 Å². The standard InChI is InChI=1S/C24H25ClN2O5S/c1-3-31-20-10-8-19(9-11-20)27-33(29,30)21-12-13-23(17(2)14-21)32-16-24(28)26-15-18-6-4-5-7-22(18)25/h4-14,27H,3,15-16H2,1-2H3,(H,26,28). The fraction of sp³-hybridized carbons (Fsp3) is 0.208. The van der Waals surface area contributed by atoms with Gasteiger partial charge in [0.1, 0.15) is 11.5 Å². The van der Waals surface area contributed by atoms with Crippen LogP contribution in [0.3, 0.4) is 0 Å². The lowest BCUT2D eigenvalue weighted by Crippen LogP contribution is -2.28. The zero-order valence-electron chi connectivity index (χ0n) is 18.3. The third kappa shape index (κ3) is 6.87. The quantitative estimate of drug-likeness (QED) is 0.437. The van der Waals surface area contributed by atoms with Gasteiger partial charge in [-0.1, -0.05) is 29.8 Å². The Morgan fingerprint density at radius 3 is 2.39 bits per heavy atom. The third-order valence-corrected chi connectivity index (χ3v) is 6.41. The summed E-state index contributed by atoms with van der Waals surface area (Å²) in [6.07, 6.45) is 0. The van der Waals surface area contributed by atoms with Crippen molar-refractivity contribution >= 4 is 33.2 Å². The molecule has 3 aromatic rings. The molecule has 174 valence electrons. The van der Waals surface area contributed by atoms with Crippen molar-refractivity contribution in [2.24, 2.45) is 0 Å². The van der Waals surface area contributed by atoms with Gasteiger partial charge in [0.2, 0.25) is 0 Å². The minimum absolute atomic E-state index is 0.0874. The van der Waals surface area contributed by atoms with Crippen LogP contribution in [0, 0.1) is 6.92 Å². The van der Waals surface area contributed by atoms with E-state index in [1.165, 1.54) is 18.2 Å². The van der Waals surface area contributed by atoms with Crippen molar-refractivity contribution in [3.05, 3.63) is 82.9 Å². The highest BCUT2D eigenvalue weighted by Gasteiger charge is 2.16. The average molecular weight is 489 g/mol. The van der Waals surface area contributed by atoms with Gasteiger partial charge in [-0.2, -0.15) is 0 Å². The number of amides is 1. The molecule has 3 rings (SSSR count). The third-order valence-electron chi connectivity index (χ3n) is 4.67. The molecular formula is C24H25ClN2O5S. The van der Waals surface area contributed by atoms with Gasteiger partial charge in [0.15, 0.2) is 6.61 Å². The summed E-state index contributed by atoms with van der Waals surface area (Å²) in [5, 5.41) is 3.32. The highest BCUT2D eigenvalue weighted by Crippen LogP contribution is 2.24. The molecule has 0 fully saturated rings. The Morgan fingerprint density at radius 2 is 1.73 bits per heavy atom. The second-order valence-corrected chi connectivity index (χ2v) is 9.24. The van der Waals surface area contributed by atoms with Crippen molar-refractivity contribution in [2.75, 3.05) is 17.9 Å². The van der Waals surface area contributed by atoms with Crippen LogP contribution in [0.4, 0.5) is 5.69 Å². The van der Waals surface area contributed by atoms with E-state index in [1.54, 1.807) is 37.3 Å². The lowest BCUT2D eigenvalue weighted by molar-refractivity contribution is -0.123. The fourth-order valence-corrected chi connectivity index (χ4v) is 4.33. The van der Waals surface area contributed by atoms with Crippen molar-refractivity contribution in [3.8, 4) is 11.5 Å². The van der Waals surface area contributed by atoms with E-state index in [2.05, 4.69) is 10.0 Å². The van der Waals surface area contributed by atoms with Crippen molar-refractivity contribution in [2.45, 2.75) is 25.3 Å². The highest BCUT2D eigenvalue weighted by molar-refractivity contribution is 7.92. The van der Waals surface area contributed by atoms with E-state index in [1.807, 2.05) is 25.1 Å². The molecule has 0 aromatic heterocycles. The second kappa shape index (κ2) is 11.1. The van der Waals surface area contributed by atoms with E-state index in [-0.39, 0.29) is 24.0 Å². The van der Waals surface area contributed by atoms with Crippen LogP contribution in [0.15, 0.2) is 71.6 Å². The molecule has 0 unspecified atom stereocenters. The summed E-state index contributed by atoms with van der Waals surface area (Å²) in [5.74, 6) is 0.764. The first-order valence-corrected chi connectivity index (χ1v) is 12.1. The molecule has 0 saturated heterocycles. The molecular weight excluding hydrogens is 464 g/mol. The SMILES string of the molecule is CCOc1ccc(NS(=O)(=O)c2ccc(OCC(=O)NCc3ccccc3Cl)c(C)c2)cc1. The number of aryl methyl sites for hydroxylation is 1. The monoisotopic (exact) mass is 488 g/mol. The summed E-state index contributed by atoms with van der Waals surface area (Å²) in [4.78, 5) is 12.2. The van der Waals surface area contributed by atoms with Crippen LogP contribution in [0.1, 0.15) is 18.1 Å². The van der Waals surface area contributed by atoms with Crippen LogP contribution in [-0.4, -0.2) is 27.5 Å². The van der Waals surface area contributed by atoms with Gasteiger partial charge in [0.05, 0.1) is 11.5 Å². The van der Waals surface area contributed by atoms with Crippen LogP contribution in [0.25, 0.3) is 0 Å². The topological polar surface area (TPSA) is 93.7 Å². The average Bonchev–Trinajstić information content (AvgIpc) is 2.79. The largest absolute Gasteiger partial charge is 0.494 e. The zero-order chi connectivity index (χ0) is 23.8. The molecule has 33 heavy (non-hydrogen) atoms. The maximum absolute atomic E-state index is 12.7. The molecule has 7 nitrogen and oxygen atoms in total. The number of rotatable bonds is 10. The van der Waals surface area contributed by atoms with Gasteiger partial charge in [-0.25, -0.2) is 8.42 Å². The summed E-state index contributed by atoms with van der Waals surface area (Å²) < 4.78 is 38.9. The maximum atomic E-state index is 12.7. The lowest BCUT2D eigenvalue weighted by atomic mass is 10.2. The number of sulfonamides is 1. The van der Waals surface area contributed by atoms with Crippen LogP contribution in [-0.2, 0) is 21.4 Å². The van der Waals surface area contributed by atoms with Gasteiger partial charge in [-0.15, -0.1) is 0 Å². The van der Waals surface area contributed by atoms with Crippen LogP contribution in [0.5, 0.6) is 11.5 Å². The number of carbonyl (C=O) groups is 1. The minimum Gasteiger partial charge on any atom is -0.494 e. The zero-order valence-corrected chi connectivity index (χ0v) is 19.9. The summed E-state index contributed by atoms with van der Waals surface area (Å²) in [7, 11) is -3.79. The first-order valence-electron chi connectivity index (χ1n) is 10.3. The van der Waals surface area contributed by atoms with Gasteiger partial charge >= 0.3 is 0 Å². The summed E-state index contributed by atoms with van der Waals surface area (Å²) >= 11 is 6.08. The van der Waals surface area contributed by atoms with Gasteiger partial charge in [-0.3, -0.25) is 9.52 Å². The molecule has 0 saturated carbocycles. The smallest absolute Gasteiger partial charge is 0.261 e. The first-order chi connectivity index (χ1) is 15.8. The number of carbonyl (C=O) groups excluding carboxylic acids is 1. The second-order valence-electron chi connectivity index (χ2n) is 7.15. The van der Waals surface area contributed by atoms with Gasteiger partial charge in [-0.05, 0) is 73.5 Å². The summed E-state index contributed by atoms with van der Waals surface area (Å²) in [5.41, 5.74) is 1.81. The molecule has 9 heteroatoms. The molecule has 0 atom stereocenters. The number of benzene rings is 3. The van der Waals surface area contributed by atoms with Crippen molar-refractivity contribution in [1.82, 2.24) is 5.32 Å². The van der Waals surface area contributed by atoms with E-state index >= 15 is 0 Å². The van der Waals surface area contributed by atoms with Crippen LogP contribution < -0.4 is 19.5 Å². The molecule has 3 aromatic carbocycles. The van der Waals surface area contributed by atoms with E-state index < -0.39 is 10.0 Å². The van der Waals surface area contributed by atoms with Crippen molar-refractivity contribution in [1.29, 1.82) is 0 Å². The van der Waals surface area contributed by atoms with Crippen molar-refractivity contribution < 1.29 is 22.7 Å². The predicted molar refractivity (Wildman–Crippen MR) is 128 cm³/mol. The minimum atomic E-state index is -3.79. The molecule has 0 spiro atoms. The molecule has 0 bridgehead atoms. The van der Waals surface area contributed by atoms with Crippen LogP contribution >= 0.6 is 11.6 Å². The van der Waals surface area contributed by atoms with Crippen molar-refractivity contribution in [3.63, 3.8) is 0 Å². The van der Waals surface area contributed by atoms with E-state index in [0.717, 1.165) is 5.56 Å². The van der Waals surface area contributed by atoms with E-state index in [4.69, 9.17) is 21.1 Å². The number of ether oxygens (including phenoxy) is 2. The van der Waals surface area contributed by atoms with Gasteiger partial charge in [0.25, 0.3) is 15.9 Å². The Balaban J connectivity index is 1.58. The molecule has 0 aliphatic carbocycles. The summed E-state index contributed by atoms with van der Waals surface area (Å²) in [6, 6.07) is 18.4. The molecule has 0 aliphatic rings. The lowest BCUT2D eigenvalue weighted by Gasteiger charge is -2.13. The Morgan fingerprint density at radius 1 is 1.00 bits per heavy atom.